The molecule has 1 aliphatic rings. The summed E-state index contributed by atoms with van der Waals surface area (Å²) in [6.07, 6.45) is 0. The zero-order valence-electron chi connectivity index (χ0n) is 16.2. The maximum Gasteiger partial charge on any atom is 0.339 e. The Labute approximate surface area is 164 Å². The van der Waals surface area contributed by atoms with Crippen molar-refractivity contribution in [2.45, 2.75) is 0 Å². The van der Waals surface area contributed by atoms with Crippen molar-refractivity contribution in [3.05, 3.63) is 54.1 Å². The Kier molecular flexibility index (Phi) is 6.49. The number of esters is 1. The third-order valence-corrected chi connectivity index (χ3v) is 4.91. The van der Waals surface area contributed by atoms with Crippen LogP contribution in [0.3, 0.4) is 0 Å². The van der Waals surface area contributed by atoms with E-state index in [9.17, 15) is 9.59 Å². The van der Waals surface area contributed by atoms with Crippen molar-refractivity contribution in [2.24, 2.45) is 0 Å². The fourth-order valence-corrected chi connectivity index (χ4v) is 3.37. The van der Waals surface area contributed by atoms with Crippen LogP contribution in [0.4, 0.5) is 11.4 Å². The van der Waals surface area contributed by atoms with Gasteiger partial charge in [-0.2, -0.15) is 0 Å². The minimum absolute atomic E-state index is 0.110. The van der Waals surface area contributed by atoms with Gasteiger partial charge in [0.1, 0.15) is 5.75 Å². The molecule has 28 heavy (non-hydrogen) atoms. The Morgan fingerprint density at radius 3 is 2.54 bits per heavy atom. The number of carbonyl (C=O) groups is 2. The van der Waals surface area contributed by atoms with Gasteiger partial charge in [0.2, 0.25) is 0 Å². The number of rotatable bonds is 6. The average molecular weight is 384 g/mol. The summed E-state index contributed by atoms with van der Waals surface area (Å²) < 4.78 is 10.1. The van der Waals surface area contributed by atoms with Crippen LogP contribution in [0.15, 0.2) is 48.5 Å². The number of hydrogen-bond donors (Lipinski definition) is 2. The van der Waals surface area contributed by atoms with Crippen LogP contribution in [0.25, 0.3) is 0 Å². The lowest BCUT2D eigenvalue weighted by Gasteiger charge is -2.33. The molecule has 1 fully saturated rings. The van der Waals surface area contributed by atoms with E-state index in [1.54, 1.807) is 31.4 Å². The lowest BCUT2D eigenvalue weighted by molar-refractivity contribution is -0.892. The van der Waals surface area contributed by atoms with Crippen molar-refractivity contribution in [3.8, 4) is 5.75 Å². The van der Waals surface area contributed by atoms with Gasteiger partial charge in [0.15, 0.2) is 6.54 Å². The summed E-state index contributed by atoms with van der Waals surface area (Å²) in [5.74, 6) is 0.271. The highest BCUT2D eigenvalue weighted by atomic mass is 16.5. The number of nitrogens with one attached hydrogen (secondary N) is 2. The van der Waals surface area contributed by atoms with Crippen molar-refractivity contribution in [2.75, 3.05) is 57.2 Å². The summed E-state index contributed by atoms with van der Waals surface area (Å²) in [6.45, 7) is 3.83. The van der Waals surface area contributed by atoms with Crippen LogP contribution < -0.4 is 19.9 Å². The fourth-order valence-electron chi connectivity index (χ4n) is 3.37. The van der Waals surface area contributed by atoms with Crippen LogP contribution in [0, 0.1) is 0 Å². The molecular weight excluding hydrogens is 358 g/mol. The normalized spacial score (nSPS) is 14.4. The Morgan fingerprint density at radius 1 is 1.07 bits per heavy atom. The molecule has 148 valence electrons. The largest absolute Gasteiger partial charge is 0.497 e. The molecule has 2 aromatic carbocycles. The number of piperazine rings is 1. The van der Waals surface area contributed by atoms with Crippen molar-refractivity contribution in [1.29, 1.82) is 0 Å². The summed E-state index contributed by atoms with van der Waals surface area (Å²) in [4.78, 5) is 27.8. The predicted molar refractivity (Wildman–Crippen MR) is 107 cm³/mol. The molecule has 7 heteroatoms. The van der Waals surface area contributed by atoms with Crippen LogP contribution in [-0.4, -0.2) is 58.8 Å². The lowest BCUT2D eigenvalue weighted by atomic mass is 10.2. The van der Waals surface area contributed by atoms with Crippen LogP contribution in [0.1, 0.15) is 10.4 Å². The van der Waals surface area contributed by atoms with Gasteiger partial charge < -0.3 is 24.6 Å². The van der Waals surface area contributed by atoms with Gasteiger partial charge >= 0.3 is 5.97 Å². The van der Waals surface area contributed by atoms with Gasteiger partial charge in [-0.05, 0) is 24.3 Å². The van der Waals surface area contributed by atoms with Gasteiger partial charge in [-0.15, -0.1) is 0 Å². The molecule has 1 amide bonds. The van der Waals surface area contributed by atoms with Crippen molar-refractivity contribution < 1.29 is 24.0 Å². The SMILES string of the molecule is COC(=O)c1ccccc1NC(=O)C[NH+]1CCN(c2cccc(OC)c2)CC1. The second-order valence-corrected chi connectivity index (χ2v) is 6.70. The Morgan fingerprint density at radius 2 is 1.82 bits per heavy atom. The molecule has 1 heterocycles. The summed E-state index contributed by atoms with van der Waals surface area (Å²) in [7, 11) is 2.99. The van der Waals surface area contributed by atoms with E-state index in [1.807, 2.05) is 18.2 Å². The van der Waals surface area contributed by atoms with Gasteiger partial charge in [0.05, 0.1) is 51.6 Å². The first-order chi connectivity index (χ1) is 13.6. The first-order valence-corrected chi connectivity index (χ1v) is 9.30. The van der Waals surface area contributed by atoms with E-state index in [4.69, 9.17) is 9.47 Å². The molecule has 0 atom stereocenters. The standard InChI is InChI=1S/C21H25N3O4/c1-27-17-7-5-6-16(14-17)24-12-10-23(11-13-24)15-20(25)22-19-9-4-3-8-18(19)21(26)28-2/h3-9,14H,10-13,15H2,1-2H3,(H,22,25)/p+1. The average Bonchev–Trinajstić information content (AvgIpc) is 2.74. The summed E-state index contributed by atoms with van der Waals surface area (Å²) in [6, 6.07) is 14.9. The second kappa shape index (κ2) is 9.23. The molecule has 3 rings (SSSR count). The van der Waals surface area contributed by atoms with Gasteiger partial charge in [0, 0.05) is 11.8 Å². The van der Waals surface area contributed by atoms with Crippen LogP contribution in [0.5, 0.6) is 5.75 Å². The third-order valence-electron chi connectivity index (χ3n) is 4.91. The highest BCUT2D eigenvalue weighted by Gasteiger charge is 2.23. The summed E-state index contributed by atoms with van der Waals surface area (Å²) >= 11 is 0. The van der Waals surface area contributed by atoms with Gasteiger partial charge in [-0.25, -0.2) is 4.79 Å². The fraction of sp³-hybridized carbons (Fsp3) is 0.333. The third kappa shape index (κ3) is 4.80. The Hall–Kier alpha value is -3.06. The van der Waals surface area contributed by atoms with E-state index < -0.39 is 5.97 Å². The van der Waals surface area contributed by atoms with E-state index in [0.717, 1.165) is 37.6 Å². The number of hydrogen-bond acceptors (Lipinski definition) is 5. The van der Waals surface area contributed by atoms with Gasteiger partial charge in [-0.1, -0.05) is 18.2 Å². The number of quaternary nitrogens is 1. The van der Waals surface area contributed by atoms with Gasteiger partial charge in [-0.3, -0.25) is 4.79 Å². The molecule has 7 nitrogen and oxygen atoms in total. The molecule has 1 saturated heterocycles. The van der Waals surface area contributed by atoms with Crippen molar-refractivity contribution in [3.63, 3.8) is 0 Å². The summed E-state index contributed by atoms with van der Waals surface area (Å²) in [5.41, 5.74) is 1.97. The number of benzene rings is 2. The van der Waals surface area contributed by atoms with Crippen LogP contribution in [0.2, 0.25) is 0 Å². The lowest BCUT2D eigenvalue weighted by Crippen LogP contribution is -3.15. The monoisotopic (exact) mass is 384 g/mol. The minimum Gasteiger partial charge on any atom is -0.497 e. The zero-order valence-corrected chi connectivity index (χ0v) is 16.2. The number of nitrogens with zero attached hydrogens (tertiary/aromatic N) is 1. The first-order valence-electron chi connectivity index (χ1n) is 9.30. The number of anilines is 2. The maximum atomic E-state index is 12.5. The van der Waals surface area contributed by atoms with Crippen molar-refractivity contribution in [1.82, 2.24) is 0 Å². The minimum atomic E-state index is -0.463. The first kappa shape index (κ1) is 19.7. The molecule has 0 aromatic heterocycles. The van der Waals surface area contributed by atoms with Gasteiger partial charge in [0.25, 0.3) is 5.91 Å². The highest BCUT2D eigenvalue weighted by Crippen LogP contribution is 2.20. The van der Waals surface area contributed by atoms with E-state index in [0.29, 0.717) is 17.8 Å². The van der Waals surface area contributed by atoms with E-state index in [2.05, 4.69) is 16.3 Å². The molecular formula is C21H26N3O4+. The molecule has 0 unspecified atom stereocenters. The van der Waals surface area contributed by atoms with E-state index >= 15 is 0 Å². The number of methoxy groups -OCH3 is 2. The van der Waals surface area contributed by atoms with Crippen molar-refractivity contribution >= 4 is 23.3 Å². The quantitative estimate of drug-likeness (QED) is 0.722. The summed E-state index contributed by atoms with van der Waals surface area (Å²) in [5, 5.41) is 2.84. The maximum absolute atomic E-state index is 12.5. The zero-order chi connectivity index (χ0) is 19.9. The molecule has 0 radical (unpaired) electrons. The molecule has 0 bridgehead atoms. The molecule has 1 aliphatic heterocycles. The second-order valence-electron chi connectivity index (χ2n) is 6.70. The topological polar surface area (TPSA) is 72.3 Å². The van der Waals surface area contributed by atoms with E-state index in [1.165, 1.54) is 12.0 Å². The number of para-hydroxylation sites is 1. The van der Waals surface area contributed by atoms with Crippen LogP contribution >= 0.6 is 0 Å². The molecule has 0 spiro atoms. The number of amides is 1. The smallest absolute Gasteiger partial charge is 0.339 e. The predicted octanol–water partition coefficient (Wildman–Crippen LogP) is 0.825. The van der Waals surface area contributed by atoms with Crippen LogP contribution in [-0.2, 0) is 9.53 Å². The number of ether oxygens (including phenoxy) is 2. The highest BCUT2D eigenvalue weighted by molar-refractivity contribution is 6.01. The Balaban J connectivity index is 1.54. The Bertz CT molecular complexity index is 832. The molecule has 0 saturated carbocycles. The van der Waals surface area contributed by atoms with E-state index in [-0.39, 0.29) is 5.91 Å². The molecule has 2 N–H and O–H groups in total. The molecule has 0 aliphatic carbocycles. The number of carbonyl (C=O) groups excluding carboxylic acids is 2. The molecule has 2 aromatic rings.